The first-order valence-electron chi connectivity index (χ1n) is 47.9. The van der Waals surface area contributed by atoms with Crippen molar-refractivity contribution in [2.24, 2.45) is 0 Å². The van der Waals surface area contributed by atoms with Crippen molar-refractivity contribution in [1.82, 2.24) is 85.6 Å². The minimum atomic E-state index is -0.401. The normalized spacial score (nSPS) is 12.8. The van der Waals surface area contributed by atoms with Crippen LogP contribution in [-0.2, 0) is 11.3 Å². The van der Waals surface area contributed by atoms with Gasteiger partial charge in [-0.3, -0.25) is 59.5 Å². The van der Waals surface area contributed by atoms with Gasteiger partial charge in [0, 0.05) is 169 Å². The molecule has 12 aromatic heterocycles. The highest BCUT2D eigenvalue weighted by Crippen LogP contribution is 2.37. The van der Waals surface area contributed by atoms with Gasteiger partial charge in [-0.25, -0.2) is 37.5 Å². The number of rotatable bonds is 25. The maximum absolute atomic E-state index is 13.4. The van der Waals surface area contributed by atoms with Gasteiger partial charge >= 0.3 is 0 Å². The van der Waals surface area contributed by atoms with Gasteiger partial charge in [-0.05, 0) is 220 Å². The largest absolute Gasteiger partial charge is 0.439 e. The van der Waals surface area contributed by atoms with Crippen molar-refractivity contribution in [3.05, 3.63) is 369 Å². The Kier molecular flexibility index (Phi) is 29.6. The van der Waals surface area contributed by atoms with Gasteiger partial charge in [-0.2, -0.15) is 20.4 Å². The second kappa shape index (κ2) is 45.3. The number of piperidine rings is 1. The number of hydrogen-bond donors (Lipinski definition) is 8. The lowest BCUT2D eigenvalue weighted by Gasteiger charge is -2.28. The van der Waals surface area contributed by atoms with Gasteiger partial charge in [0.2, 0.25) is 23.5 Å². The molecule has 3 saturated heterocycles. The van der Waals surface area contributed by atoms with Crippen LogP contribution < -0.4 is 54.9 Å². The molecule has 33 nitrogen and oxygen atoms in total. The van der Waals surface area contributed by atoms with Crippen LogP contribution in [0.2, 0.25) is 0 Å². The van der Waals surface area contributed by atoms with Gasteiger partial charge in [0.05, 0.1) is 118 Å². The van der Waals surface area contributed by atoms with Crippen LogP contribution in [0.5, 0.6) is 46.5 Å². The van der Waals surface area contributed by atoms with Crippen molar-refractivity contribution in [2.75, 3.05) is 103 Å². The number of amides is 4. The van der Waals surface area contributed by atoms with Crippen LogP contribution >= 0.6 is 0 Å². The Bertz CT molecular complexity index is 7970. The summed E-state index contributed by atoms with van der Waals surface area (Å²) in [5, 5.41) is 42.8. The van der Waals surface area contributed by atoms with E-state index in [1.165, 1.54) is 105 Å². The number of H-pyrrole nitrogens is 4. The number of ether oxygens (including phenoxy) is 5. The molecule has 0 spiro atoms. The molecule has 3 aliphatic rings. The molecule has 0 radical (unpaired) electrons. The highest BCUT2D eigenvalue weighted by Gasteiger charge is 2.25. The summed E-state index contributed by atoms with van der Waals surface area (Å²) in [5.41, 5.74) is 18.0. The lowest BCUT2D eigenvalue weighted by molar-refractivity contribution is 0.101. The molecule has 744 valence electrons. The Labute approximate surface area is 849 Å². The van der Waals surface area contributed by atoms with Crippen molar-refractivity contribution >= 4 is 107 Å². The fourth-order valence-corrected chi connectivity index (χ4v) is 17.2. The van der Waals surface area contributed by atoms with Gasteiger partial charge in [0.15, 0.2) is 22.8 Å². The fourth-order valence-electron chi connectivity index (χ4n) is 17.2. The van der Waals surface area contributed by atoms with E-state index in [-0.39, 0.29) is 69.9 Å². The van der Waals surface area contributed by atoms with Gasteiger partial charge in [-0.15, -0.1) is 0 Å². The molecule has 3 fully saturated rings. The van der Waals surface area contributed by atoms with E-state index in [0.29, 0.717) is 80.5 Å². The highest BCUT2D eigenvalue weighted by molar-refractivity contribution is 6.15. The zero-order valence-electron chi connectivity index (χ0n) is 80.3. The number of anilines is 7. The van der Waals surface area contributed by atoms with E-state index >= 15 is 0 Å². The average Bonchev–Trinajstić information content (AvgIpc) is 1.66. The molecule has 8 N–H and O–H groups in total. The predicted octanol–water partition coefficient (Wildman–Crippen LogP) is 22.3. The molecule has 4 amide bonds. The molecule has 149 heavy (non-hydrogen) atoms. The Balaban J connectivity index is 0.000000120. The van der Waals surface area contributed by atoms with Crippen LogP contribution in [-0.4, -0.2) is 176 Å². The first-order chi connectivity index (χ1) is 72.8. The van der Waals surface area contributed by atoms with E-state index in [0.717, 1.165) is 135 Å². The standard InChI is InChI=1S/C29H25FN6O2.C28H23FN6O3.C28H23FN6O2.C27H23FN6O2/c30-21-5-4-6-24(15-21)38-27-10-8-22(17-32-27)33-29(37)28-25-14-19(7-9-26(25)34-35-28)20-13-23(18-31-16-20)36-11-2-1-3-12-36;29-20-2-1-3-23(14-20)38-26-7-5-21(16-31-26)32-28(36)27-24-13-18(4-6-25(24)33-34-27)19-12-22(17-30-15-19)35-8-10-37-11-9-35;29-20-4-3-5-23(14-20)37-26-9-7-21(16-31-26)32-28(36)27-24-13-18(6-8-25(24)33-34-27)19-12-22(17-30-15-19)35-10-1-2-11-35;1-34(2)16-17-10-19(14-29-13-17)18-6-8-24-23(11-18)26(33-32-24)27(35)31-21-7-9-25(30-15-21)36-22-5-3-4-20(28)12-22/h4-10,13-18H,1-3,11-12H2,(H,33,37)(H,34,35);1-7,12-17H,8-11H2,(H,32,36)(H,33,34);3-9,12-17H,1-2,10-11H2,(H,32,36)(H,33,34);3-15H,16H2,1-2H3,(H,31,35)(H,32,33). The first kappa shape index (κ1) is 97.4. The summed E-state index contributed by atoms with van der Waals surface area (Å²) in [5.74, 6) is -0.631. The second-order valence-electron chi connectivity index (χ2n) is 35.4. The second-order valence-corrected chi connectivity index (χ2v) is 35.4. The van der Waals surface area contributed by atoms with Crippen molar-refractivity contribution in [3.8, 4) is 91.0 Å². The van der Waals surface area contributed by atoms with E-state index in [1.807, 2.05) is 130 Å². The van der Waals surface area contributed by atoms with Crippen LogP contribution in [0.15, 0.2) is 317 Å². The fraction of sp³-hybridized carbons (Fsp3) is 0.143. The zero-order valence-corrected chi connectivity index (χ0v) is 80.3. The summed E-state index contributed by atoms with van der Waals surface area (Å²) in [6.45, 7) is 8.00. The Morgan fingerprint density at radius 1 is 0.309 bits per heavy atom. The lowest BCUT2D eigenvalue weighted by Crippen LogP contribution is -2.36. The molecule has 23 rings (SSSR count). The number of halogens is 4. The number of nitrogens with zero attached hydrogens (tertiary/aromatic N) is 16. The first-order valence-corrected chi connectivity index (χ1v) is 47.9. The molecule has 0 atom stereocenters. The number of pyridine rings is 8. The third-order valence-corrected chi connectivity index (χ3v) is 24.5. The molecule has 3 aliphatic heterocycles. The van der Waals surface area contributed by atoms with Crippen molar-refractivity contribution in [1.29, 1.82) is 0 Å². The van der Waals surface area contributed by atoms with Crippen LogP contribution in [0, 0.1) is 23.3 Å². The summed E-state index contributed by atoms with van der Waals surface area (Å²) < 4.78 is 81.1. The number of hydrogen-bond acceptors (Lipinski definition) is 25. The maximum Gasteiger partial charge on any atom is 0.276 e. The molecule has 8 aromatic carbocycles. The number of fused-ring (bicyclic) bond motifs is 4. The molecule has 0 unspecified atom stereocenters. The van der Waals surface area contributed by atoms with Crippen LogP contribution in [0.25, 0.3) is 88.1 Å². The Morgan fingerprint density at radius 2 is 0.591 bits per heavy atom. The van der Waals surface area contributed by atoms with Gasteiger partial charge in [0.1, 0.15) is 46.3 Å². The molecule has 15 heterocycles. The SMILES string of the molecule is CN(C)Cc1cncc(-c2ccc3[nH]nc(C(=O)Nc4ccc(Oc5cccc(F)c5)nc4)c3c2)c1.O=C(Nc1ccc(Oc2cccc(F)c2)nc1)c1n[nH]c2ccc(-c3cncc(N4CCCC4)c3)cc12.O=C(Nc1ccc(Oc2cccc(F)c2)nc1)c1n[nH]c2ccc(-c3cncc(N4CCCCC4)c3)cc12.O=C(Nc1ccc(Oc2cccc(F)c2)nc1)c1n[nH]c2ccc(-c3cncc(N4CCOCC4)c3)cc12. The third kappa shape index (κ3) is 24.4. The van der Waals surface area contributed by atoms with E-state index in [2.05, 4.69) is 146 Å². The van der Waals surface area contributed by atoms with Crippen molar-refractivity contribution in [3.63, 3.8) is 0 Å². The summed E-state index contributed by atoms with van der Waals surface area (Å²) in [4.78, 5) is 95.8. The molecule has 0 aliphatic carbocycles. The maximum atomic E-state index is 13.4. The molecular formula is C112H94F4N24O9. The lowest BCUT2D eigenvalue weighted by atomic mass is 10.0. The number of carbonyl (C=O) groups excluding carboxylic acids is 4. The molecular weight excluding hydrogens is 1900 g/mol. The zero-order chi connectivity index (χ0) is 102. The third-order valence-electron chi connectivity index (χ3n) is 24.5. The van der Waals surface area contributed by atoms with Crippen molar-refractivity contribution in [2.45, 2.75) is 38.6 Å². The summed E-state index contributed by atoms with van der Waals surface area (Å²) in [6, 6.07) is 68.0. The molecule has 0 saturated carbocycles. The smallest absolute Gasteiger partial charge is 0.276 e. The van der Waals surface area contributed by atoms with Crippen LogP contribution in [0.1, 0.15) is 79.6 Å². The number of benzene rings is 8. The average molecular weight is 2000 g/mol. The Hall–Kier alpha value is -19.0. The minimum absolute atomic E-state index is 0.263. The van der Waals surface area contributed by atoms with E-state index in [1.54, 1.807) is 103 Å². The number of carbonyl (C=O) groups is 4. The summed E-state index contributed by atoms with van der Waals surface area (Å²) >= 11 is 0. The van der Waals surface area contributed by atoms with Gasteiger partial charge in [-0.1, -0.05) is 48.5 Å². The van der Waals surface area contributed by atoms with Crippen molar-refractivity contribution < 1.29 is 60.4 Å². The van der Waals surface area contributed by atoms with E-state index in [9.17, 15) is 36.7 Å². The molecule has 0 bridgehead atoms. The summed E-state index contributed by atoms with van der Waals surface area (Å²) in [6.07, 6.45) is 26.7. The Morgan fingerprint density at radius 3 is 0.872 bits per heavy atom. The molecule has 37 heteroatoms. The quantitative estimate of drug-likeness (QED) is 0.0246. The number of morpholine rings is 1. The van der Waals surface area contributed by atoms with Gasteiger partial charge in [0.25, 0.3) is 23.6 Å². The monoisotopic (exact) mass is 1990 g/mol. The summed E-state index contributed by atoms with van der Waals surface area (Å²) in [7, 11) is 4.02. The molecule has 20 aromatic rings. The van der Waals surface area contributed by atoms with E-state index in [4.69, 9.17) is 23.7 Å². The van der Waals surface area contributed by atoms with Crippen LogP contribution in [0.3, 0.4) is 0 Å². The minimum Gasteiger partial charge on any atom is -0.439 e. The predicted molar refractivity (Wildman–Crippen MR) is 560 cm³/mol. The number of nitrogens with one attached hydrogen (secondary N) is 8. The number of aromatic nitrogens is 16. The van der Waals surface area contributed by atoms with Crippen LogP contribution in [0.4, 0.5) is 57.4 Å². The van der Waals surface area contributed by atoms with E-state index < -0.39 is 23.3 Å². The van der Waals surface area contributed by atoms with Gasteiger partial charge < -0.3 is 64.6 Å². The topological polar surface area (TPSA) is 393 Å². The highest BCUT2D eigenvalue weighted by atomic mass is 19.1. The number of aromatic amines is 4.